The predicted molar refractivity (Wildman–Crippen MR) is 90.3 cm³/mol. The SMILES string of the molecule is CN=C(NCCc1cccs1)NCc1ccc(Br)c(F)c1. The highest BCUT2D eigenvalue weighted by molar-refractivity contribution is 9.10. The lowest BCUT2D eigenvalue weighted by Crippen LogP contribution is -2.37. The fourth-order valence-electron chi connectivity index (χ4n) is 1.81. The van der Waals surface area contributed by atoms with E-state index in [4.69, 9.17) is 0 Å². The Morgan fingerprint density at radius 2 is 2.19 bits per heavy atom. The quantitative estimate of drug-likeness (QED) is 0.624. The van der Waals surface area contributed by atoms with Crippen molar-refractivity contribution in [1.82, 2.24) is 10.6 Å². The molecular formula is C15H17BrFN3S. The van der Waals surface area contributed by atoms with Crippen molar-refractivity contribution in [3.8, 4) is 0 Å². The van der Waals surface area contributed by atoms with Crippen LogP contribution in [0.15, 0.2) is 45.2 Å². The van der Waals surface area contributed by atoms with Crippen LogP contribution in [0.1, 0.15) is 10.4 Å². The number of hydrogen-bond acceptors (Lipinski definition) is 2. The van der Waals surface area contributed by atoms with Crippen molar-refractivity contribution in [2.75, 3.05) is 13.6 Å². The van der Waals surface area contributed by atoms with Crippen LogP contribution in [0.5, 0.6) is 0 Å². The van der Waals surface area contributed by atoms with Crippen molar-refractivity contribution in [2.45, 2.75) is 13.0 Å². The molecule has 3 nitrogen and oxygen atoms in total. The van der Waals surface area contributed by atoms with Crippen LogP contribution in [0.2, 0.25) is 0 Å². The molecule has 0 fully saturated rings. The average molecular weight is 370 g/mol. The molecule has 0 amide bonds. The van der Waals surface area contributed by atoms with E-state index in [-0.39, 0.29) is 5.82 Å². The summed E-state index contributed by atoms with van der Waals surface area (Å²) in [7, 11) is 1.72. The second-order valence-corrected chi connectivity index (χ2v) is 6.32. The van der Waals surface area contributed by atoms with Gasteiger partial charge in [0.15, 0.2) is 5.96 Å². The predicted octanol–water partition coefficient (Wildman–Crippen LogP) is 3.56. The normalized spacial score (nSPS) is 11.5. The van der Waals surface area contributed by atoms with Crippen LogP contribution in [0, 0.1) is 5.82 Å². The molecule has 0 spiro atoms. The molecule has 1 heterocycles. The summed E-state index contributed by atoms with van der Waals surface area (Å²) in [6, 6.07) is 9.26. The van der Waals surface area contributed by atoms with Crippen molar-refractivity contribution < 1.29 is 4.39 Å². The first kappa shape index (κ1) is 16.0. The number of halogens is 2. The minimum atomic E-state index is -0.255. The first-order chi connectivity index (χ1) is 10.2. The Labute approximate surface area is 136 Å². The summed E-state index contributed by atoms with van der Waals surface area (Å²) in [5, 5.41) is 8.49. The Morgan fingerprint density at radius 1 is 1.33 bits per heavy atom. The smallest absolute Gasteiger partial charge is 0.191 e. The zero-order valence-electron chi connectivity index (χ0n) is 11.7. The Kier molecular flexibility index (Phi) is 6.20. The zero-order valence-corrected chi connectivity index (χ0v) is 14.1. The largest absolute Gasteiger partial charge is 0.356 e. The van der Waals surface area contributed by atoms with Gasteiger partial charge >= 0.3 is 0 Å². The van der Waals surface area contributed by atoms with Gasteiger partial charge in [-0.2, -0.15) is 0 Å². The molecule has 21 heavy (non-hydrogen) atoms. The molecule has 2 rings (SSSR count). The number of aliphatic imine (C=N–C) groups is 1. The molecule has 0 unspecified atom stereocenters. The van der Waals surface area contributed by atoms with Crippen LogP contribution in [0.4, 0.5) is 4.39 Å². The lowest BCUT2D eigenvalue weighted by molar-refractivity contribution is 0.617. The maximum atomic E-state index is 13.4. The van der Waals surface area contributed by atoms with Gasteiger partial charge < -0.3 is 10.6 Å². The van der Waals surface area contributed by atoms with Crippen LogP contribution in [0.3, 0.4) is 0 Å². The Balaban J connectivity index is 1.78. The topological polar surface area (TPSA) is 36.4 Å². The summed E-state index contributed by atoms with van der Waals surface area (Å²) in [6.07, 6.45) is 0.964. The van der Waals surface area contributed by atoms with Crippen LogP contribution < -0.4 is 10.6 Å². The average Bonchev–Trinajstić information content (AvgIpc) is 2.99. The highest BCUT2D eigenvalue weighted by atomic mass is 79.9. The van der Waals surface area contributed by atoms with E-state index in [2.05, 4.69) is 49.1 Å². The van der Waals surface area contributed by atoms with Gasteiger partial charge in [-0.1, -0.05) is 12.1 Å². The minimum Gasteiger partial charge on any atom is -0.356 e. The zero-order chi connectivity index (χ0) is 15.1. The van der Waals surface area contributed by atoms with Gasteiger partial charge in [-0.3, -0.25) is 4.99 Å². The maximum Gasteiger partial charge on any atom is 0.191 e. The Bertz CT molecular complexity index is 599. The fourth-order valence-corrected chi connectivity index (χ4v) is 2.77. The Hall–Kier alpha value is -1.40. The standard InChI is InChI=1S/C15H17BrFN3S/c1-18-15(19-7-6-12-3-2-8-21-12)20-10-11-4-5-13(16)14(17)9-11/h2-5,8-9H,6-7,10H2,1H3,(H2,18,19,20). The van der Waals surface area contributed by atoms with Crippen LogP contribution in [-0.4, -0.2) is 19.6 Å². The van der Waals surface area contributed by atoms with Crippen molar-refractivity contribution in [2.24, 2.45) is 4.99 Å². The minimum absolute atomic E-state index is 0.255. The van der Waals surface area contributed by atoms with Crippen molar-refractivity contribution in [3.05, 3.63) is 56.4 Å². The highest BCUT2D eigenvalue weighted by Gasteiger charge is 2.02. The summed E-state index contributed by atoms with van der Waals surface area (Å²) < 4.78 is 13.9. The summed E-state index contributed by atoms with van der Waals surface area (Å²) in [4.78, 5) is 5.50. The molecule has 0 aliphatic carbocycles. The third-order valence-electron chi connectivity index (χ3n) is 2.91. The Morgan fingerprint density at radius 3 is 2.86 bits per heavy atom. The molecule has 0 saturated heterocycles. The molecule has 0 aliphatic heterocycles. The molecule has 6 heteroatoms. The van der Waals surface area contributed by atoms with Gasteiger partial charge in [-0.05, 0) is 51.5 Å². The van der Waals surface area contributed by atoms with Crippen molar-refractivity contribution >= 4 is 33.2 Å². The van der Waals surface area contributed by atoms with E-state index in [0.29, 0.717) is 11.0 Å². The maximum absolute atomic E-state index is 13.4. The van der Waals surface area contributed by atoms with Crippen LogP contribution in [0.25, 0.3) is 0 Å². The van der Waals surface area contributed by atoms with Gasteiger partial charge in [0.05, 0.1) is 4.47 Å². The second kappa shape index (κ2) is 8.14. The lowest BCUT2D eigenvalue weighted by Gasteiger charge is -2.11. The first-order valence-electron chi connectivity index (χ1n) is 6.60. The molecule has 0 atom stereocenters. The van der Waals surface area contributed by atoms with Gasteiger partial charge in [0.2, 0.25) is 0 Å². The van der Waals surface area contributed by atoms with E-state index in [9.17, 15) is 4.39 Å². The van der Waals surface area contributed by atoms with Gasteiger partial charge in [-0.15, -0.1) is 11.3 Å². The molecule has 1 aromatic heterocycles. The third-order valence-corrected chi connectivity index (χ3v) is 4.49. The second-order valence-electron chi connectivity index (χ2n) is 4.43. The number of thiophene rings is 1. The number of nitrogens with one attached hydrogen (secondary N) is 2. The molecule has 2 N–H and O–H groups in total. The molecule has 0 saturated carbocycles. The number of guanidine groups is 1. The van der Waals surface area contributed by atoms with E-state index in [0.717, 1.165) is 24.5 Å². The number of nitrogens with zero attached hydrogens (tertiary/aromatic N) is 1. The monoisotopic (exact) mass is 369 g/mol. The number of benzene rings is 1. The van der Waals surface area contributed by atoms with Crippen LogP contribution >= 0.6 is 27.3 Å². The molecule has 0 bridgehead atoms. The van der Waals surface area contributed by atoms with Crippen molar-refractivity contribution in [1.29, 1.82) is 0 Å². The van der Waals surface area contributed by atoms with Gasteiger partial charge in [0, 0.05) is 25.0 Å². The first-order valence-corrected chi connectivity index (χ1v) is 8.27. The fraction of sp³-hybridized carbons (Fsp3) is 0.267. The van der Waals surface area contributed by atoms with Gasteiger partial charge in [-0.25, -0.2) is 4.39 Å². The van der Waals surface area contributed by atoms with Crippen molar-refractivity contribution in [3.63, 3.8) is 0 Å². The molecule has 2 aromatic rings. The summed E-state index contributed by atoms with van der Waals surface area (Å²) >= 11 is 4.89. The number of hydrogen-bond donors (Lipinski definition) is 2. The van der Waals surface area contributed by atoms with Crippen LogP contribution in [-0.2, 0) is 13.0 Å². The molecule has 112 valence electrons. The molecular weight excluding hydrogens is 353 g/mol. The summed E-state index contributed by atoms with van der Waals surface area (Å²) in [5.74, 6) is 0.463. The van der Waals surface area contributed by atoms with E-state index in [1.165, 1.54) is 10.9 Å². The molecule has 0 aliphatic rings. The van der Waals surface area contributed by atoms with Gasteiger partial charge in [0.1, 0.15) is 5.82 Å². The molecule has 0 radical (unpaired) electrons. The van der Waals surface area contributed by atoms with Gasteiger partial charge in [0.25, 0.3) is 0 Å². The number of rotatable bonds is 5. The van der Waals surface area contributed by atoms with E-state index in [1.807, 2.05) is 6.07 Å². The van der Waals surface area contributed by atoms with E-state index < -0.39 is 0 Å². The van der Waals surface area contributed by atoms with E-state index in [1.54, 1.807) is 24.5 Å². The third kappa shape index (κ3) is 5.13. The summed E-state index contributed by atoms with van der Waals surface area (Å²) in [5.41, 5.74) is 0.872. The lowest BCUT2D eigenvalue weighted by atomic mass is 10.2. The highest BCUT2D eigenvalue weighted by Crippen LogP contribution is 2.16. The summed E-state index contributed by atoms with van der Waals surface area (Å²) in [6.45, 7) is 1.35. The van der Waals surface area contributed by atoms with E-state index >= 15 is 0 Å². The molecule has 1 aromatic carbocycles.